The lowest BCUT2D eigenvalue weighted by Crippen LogP contribution is -2.46. The topological polar surface area (TPSA) is 46.5 Å². The molecule has 1 aromatic heterocycles. The minimum absolute atomic E-state index is 0.187. The molecule has 0 aromatic carbocycles. The first-order valence-electron chi connectivity index (χ1n) is 8.73. The molecule has 0 unspecified atom stereocenters. The van der Waals surface area contributed by atoms with E-state index in [-0.39, 0.29) is 6.09 Å². The Morgan fingerprint density at radius 1 is 1.35 bits per heavy atom. The van der Waals surface area contributed by atoms with Gasteiger partial charge >= 0.3 is 6.09 Å². The number of aryl methyl sites for hydroxylation is 1. The van der Waals surface area contributed by atoms with E-state index >= 15 is 0 Å². The van der Waals surface area contributed by atoms with E-state index in [1.165, 1.54) is 5.56 Å². The second-order valence-corrected chi connectivity index (χ2v) is 7.38. The molecule has 1 saturated heterocycles. The highest BCUT2D eigenvalue weighted by Crippen LogP contribution is 2.16. The van der Waals surface area contributed by atoms with E-state index in [1.54, 1.807) is 0 Å². The van der Waals surface area contributed by atoms with Crippen LogP contribution in [-0.2, 0) is 17.8 Å². The van der Waals surface area contributed by atoms with Crippen LogP contribution < -0.4 is 5.32 Å². The maximum atomic E-state index is 12.0. The molecule has 1 fully saturated rings. The third kappa shape index (κ3) is 5.90. The molecule has 1 aliphatic heterocycles. The molecule has 0 radical (unpaired) electrons. The normalized spacial score (nSPS) is 16.6. The summed E-state index contributed by atoms with van der Waals surface area (Å²) in [6.45, 7) is 11.4. The molecule has 0 bridgehead atoms. The zero-order valence-electron chi connectivity index (χ0n) is 15.0. The number of aromatic nitrogens is 1. The fourth-order valence-corrected chi connectivity index (χ4v) is 2.85. The second-order valence-electron chi connectivity index (χ2n) is 7.38. The number of hydrogen-bond donors (Lipinski definition) is 1. The van der Waals surface area contributed by atoms with Crippen molar-refractivity contribution in [1.29, 1.82) is 0 Å². The maximum Gasteiger partial charge on any atom is 0.410 e. The second kappa shape index (κ2) is 7.86. The Kier molecular flexibility index (Phi) is 6.10. The fourth-order valence-electron chi connectivity index (χ4n) is 2.85. The smallest absolute Gasteiger partial charge is 0.410 e. The van der Waals surface area contributed by atoms with Crippen molar-refractivity contribution < 1.29 is 9.53 Å². The van der Waals surface area contributed by atoms with Gasteiger partial charge in [-0.2, -0.15) is 0 Å². The number of hydrogen-bond acceptors (Lipinski definition) is 3. The van der Waals surface area contributed by atoms with Crippen LogP contribution >= 0.6 is 0 Å². The van der Waals surface area contributed by atoms with E-state index in [0.717, 1.165) is 45.4 Å². The van der Waals surface area contributed by atoms with Gasteiger partial charge in [0.25, 0.3) is 0 Å². The van der Waals surface area contributed by atoms with E-state index < -0.39 is 5.60 Å². The molecule has 0 atom stereocenters. The molecule has 0 saturated carbocycles. The Morgan fingerprint density at radius 3 is 2.65 bits per heavy atom. The molecule has 0 spiro atoms. The van der Waals surface area contributed by atoms with Gasteiger partial charge in [-0.15, -0.1) is 0 Å². The Morgan fingerprint density at radius 2 is 2.04 bits per heavy atom. The Hall–Kier alpha value is -1.49. The van der Waals surface area contributed by atoms with Crippen molar-refractivity contribution in [2.75, 3.05) is 13.1 Å². The van der Waals surface area contributed by atoms with E-state index in [9.17, 15) is 4.79 Å². The number of rotatable bonds is 5. The number of piperidine rings is 1. The predicted molar refractivity (Wildman–Crippen MR) is 92.4 cm³/mol. The number of amides is 1. The van der Waals surface area contributed by atoms with Crippen molar-refractivity contribution in [3.63, 3.8) is 0 Å². The quantitative estimate of drug-likeness (QED) is 0.904. The number of carbonyl (C=O) groups is 1. The van der Waals surface area contributed by atoms with Crippen LogP contribution in [0.4, 0.5) is 4.79 Å². The van der Waals surface area contributed by atoms with Crippen LogP contribution in [0.25, 0.3) is 0 Å². The summed E-state index contributed by atoms with van der Waals surface area (Å²) in [7, 11) is 0. The zero-order valence-corrected chi connectivity index (χ0v) is 15.0. The van der Waals surface area contributed by atoms with E-state index in [2.05, 4.69) is 35.3 Å². The number of likely N-dealkylation sites (tertiary alicyclic amines) is 1. The van der Waals surface area contributed by atoms with Gasteiger partial charge in [-0.3, -0.25) is 0 Å². The van der Waals surface area contributed by atoms with Crippen molar-refractivity contribution in [1.82, 2.24) is 14.8 Å². The first-order chi connectivity index (χ1) is 10.9. The molecule has 5 heteroatoms. The molecule has 1 aliphatic rings. The Balaban J connectivity index is 1.71. The molecule has 1 amide bonds. The van der Waals surface area contributed by atoms with Crippen LogP contribution in [0.15, 0.2) is 18.5 Å². The van der Waals surface area contributed by atoms with Gasteiger partial charge in [-0.1, -0.05) is 6.92 Å². The number of ether oxygens (including phenoxy) is 1. The van der Waals surface area contributed by atoms with Gasteiger partial charge in [0.15, 0.2) is 0 Å². The largest absolute Gasteiger partial charge is 0.444 e. The predicted octanol–water partition coefficient (Wildman–Crippen LogP) is 3.39. The standard InChI is InChI=1S/C18H31N3O2/c1-5-9-20-10-6-15(14-20)13-19-16-7-11-21(12-8-16)17(22)23-18(2,3)4/h6,10,14,16,19H,5,7-9,11-13H2,1-4H3. The summed E-state index contributed by atoms with van der Waals surface area (Å²) >= 11 is 0. The van der Waals surface area contributed by atoms with Crippen molar-refractivity contribution in [2.45, 2.75) is 71.7 Å². The van der Waals surface area contributed by atoms with E-state index in [4.69, 9.17) is 4.74 Å². The first kappa shape index (κ1) is 17.9. The maximum absolute atomic E-state index is 12.0. The summed E-state index contributed by atoms with van der Waals surface area (Å²) in [6.07, 6.45) is 7.29. The van der Waals surface area contributed by atoms with Gasteiger partial charge in [-0.25, -0.2) is 4.79 Å². The minimum Gasteiger partial charge on any atom is -0.444 e. The Bertz CT molecular complexity index is 497. The summed E-state index contributed by atoms with van der Waals surface area (Å²) in [5.74, 6) is 0. The van der Waals surface area contributed by atoms with Gasteiger partial charge in [-0.05, 0) is 51.7 Å². The highest BCUT2D eigenvalue weighted by molar-refractivity contribution is 5.68. The molecule has 2 rings (SSSR count). The van der Waals surface area contributed by atoms with Crippen molar-refractivity contribution >= 4 is 6.09 Å². The van der Waals surface area contributed by atoms with Crippen LogP contribution in [-0.4, -0.2) is 40.3 Å². The first-order valence-corrected chi connectivity index (χ1v) is 8.73. The molecule has 23 heavy (non-hydrogen) atoms. The van der Waals surface area contributed by atoms with Gasteiger partial charge in [0.05, 0.1) is 0 Å². The average molecular weight is 321 g/mol. The molecular weight excluding hydrogens is 290 g/mol. The van der Waals surface area contributed by atoms with Crippen molar-refractivity contribution in [2.24, 2.45) is 0 Å². The molecule has 5 nitrogen and oxygen atoms in total. The lowest BCUT2D eigenvalue weighted by atomic mass is 10.1. The highest BCUT2D eigenvalue weighted by Gasteiger charge is 2.26. The third-order valence-electron chi connectivity index (χ3n) is 4.04. The zero-order chi connectivity index (χ0) is 16.9. The summed E-state index contributed by atoms with van der Waals surface area (Å²) in [5.41, 5.74) is 0.908. The minimum atomic E-state index is -0.419. The van der Waals surface area contributed by atoms with Crippen LogP contribution in [0.1, 0.15) is 52.5 Å². The van der Waals surface area contributed by atoms with Gasteiger partial charge in [0, 0.05) is 44.6 Å². The molecule has 1 N–H and O–H groups in total. The number of carbonyl (C=O) groups excluding carboxylic acids is 1. The highest BCUT2D eigenvalue weighted by atomic mass is 16.6. The SMILES string of the molecule is CCCn1ccc(CNC2CCN(C(=O)OC(C)(C)C)CC2)c1. The van der Waals surface area contributed by atoms with Crippen LogP contribution in [0, 0.1) is 0 Å². The van der Waals surface area contributed by atoms with E-state index in [1.807, 2.05) is 25.7 Å². The lowest BCUT2D eigenvalue weighted by molar-refractivity contribution is 0.0198. The van der Waals surface area contributed by atoms with Crippen LogP contribution in [0.3, 0.4) is 0 Å². The van der Waals surface area contributed by atoms with Crippen LogP contribution in [0.2, 0.25) is 0 Å². The molecule has 1 aromatic rings. The number of nitrogens with zero attached hydrogens (tertiary/aromatic N) is 2. The molecular formula is C18H31N3O2. The summed E-state index contributed by atoms with van der Waals surface area (Å²) in [5, 5.41) is 3.61. The van der Waals surface area contributed by atoms with Crippen LogP contribution in [0.5, 0.6) is 0 Å². The molecule has 0 aliphatic carbocycles. The third-order valence-corrected chi connectivity index (χ3v) is 4.04. The lowest BCUT2D eigenvalue weighted by Gasteiger charge is -2.33. The van der Waals surface area contributed by atoms with Crippen molar-refractivity contribution in [3.05, 3.63) is 24.0 Å². The summed E-state index contributed by atoms with van der Waals surface area (Å²) in [4.78, 5) is 13.9. The monoisotopic (exact) mass is 321 g/mol. The Labute approximate surface area is 140 Å². The number of nitrogens with one attached hydrogen (secondary N) is 1. The summed E-state index contributed by atoms with van der Waals surface area (Å²) in [6, 6.07) is 2.65. The molecule has 2 heterocycles. The van der Waals surface area contributed by atoms with Gasteiger partial charge in [0.2, 0.25) is 0 Å². The van der Waals surface area contributed by atoms with Crippen molar-refractivity contribution in [3.8, 4) is 0 Å². The molecule has 130 valence electrons. The van der Waals surface area contributed by atoms with Gasteiger partial charge in [0.1, 0.15) is 5.60 Å². The summed E-state index contributed by atoms with van der Waals surface area (Å²) < 4.78 is 7.67. The van der Waals surface area contributed by atoms with Gasteiger partial charge < -0.3 is 19.5 Å². The average Bonchev–Trinajstić information content (AvgIpc) is 2.92. The fraction of sp³-hybridized carbons (Fsp3) is 0.722. The van der Waals surface area contributed by atoms with E-state index in [0.29, 0.717) is 6.04 Å².